The number of carbonyl (C=O) groups is 1. The van der Waals surface area contributed by atoms with E-state index in [4.69, 9.17) is 16.6 Å². The molecule has 0 aliphatic rings. The lowest BCUT2D eigenvalue weighted by Gasteiger charge is -2.05. The van der Waals surface area contributed by atoms with Crippen molar-refractivity contribution in [3.63, 3.8) is 0 Å². The summed E-state index contributed by atoms with van der Waals surface area (Å²) >= 11 is 0. The molecule has 0 unspecified atom stereocenters. The number of pyridine rings is 1. The van der Waals surface area contributed by atoms with Crippen molar-refractivity contribution >= 4 is 17.5 Å². The van der Waals surface area contributed by atoms with Gasteiger partial charge in [0.05, 0.1) is 5.69 Å². The van der Waals surface area contributed by atoms with E-state index in [0.717, 1.165) is 5.56 Å². The summed E-state index contributed by atoms with van der Waals surface area (Å²) in [5.74, 6) is -1.09. The zero-order valence-electron chi connectivity index (χ0n) is 8.92. The number of rotatable bonds is 2. The van der Waals surface area contributed by atoms with Crippen LogP contribution in [0, 0.1) is 0 Å². The third kappa shape index (κ3) is 2.17. The fourth-order valence-corrected chi connectivity index (χ4v) is 1.51. The molecule has 1 aromatic carbocycles. The Balaban J connectivity index is 2.48. The van der Waals surface area contributed by atoms with Crippen molar-refractivity contribution in [2.75, 3.05) is 11.5 Å². The summed E-state index contributed by atoms with van der Waals surface area (Å²) in [7, 11) is 0. The molecule has 5 N–H and O–H groups in total. The van der Waals surface area contributed by atoms with Gasteiger partial charge in [-0.3, -0.25) is 0 Å². The molecule has 0 atom stereocenters. The monoisotopic (exact) mass is 229 g/mol. The maximum Gasteiger partial charge on any atom is 0.339 e. The molecule has 0 saturated heterocycles. The van der Waals surface area contributed by atoms with Gasteiger partial charge in [-0.05, 0) is 24.3 Å². The van der Waals surface area contributed by atoms with Crippen molar-refractivity contribution in [3.8, 4) is 11.3 Å². The number of carboxylic acid groups (broad SMARTS) is 1. The molecular formula is C12H11N3O2. The number of aromatic carboxylic acids is 1. The summed E-state index contributed by atoms with van der Waals surface area (Å²) in [4.78, 5) is 14.8. The van der Waals surface area contributed by atoms with Gasteiger partial charge < -0.3 is 16.6 Å². The Morgan fingerprint density at radius 1 is 1.18 bits per heavy atom. The topological polar surface area (TPSA) is 102 Å². The Labute approximate surface area is 97.7 Å². The van der Waals surface area contributed by atoms with Crippen LogP contribution in [-0.4, -0.2) is 16.1 Å². The molecule has 86 valence electrons. The van der Waals surface area contributed by atoms with Gasteiger partial charge in [0, 0.05) is 11.3 Å². The highest BCUT2D eigenvalue weighted by molar-refractivity contribution is 5.93. The first-order chi connectivity index (χ1) is 8.08. The van der Waals surface area contributed by atoms with Gasteiger partial charge in [-0.1, -0.05) is 12.1 Å². The minimum atomic E-state index is -1.09. The van der Waals surface area contributed by atoms with E-state index in [9.17, 15) is 4.79 Å². The third-order valence-corrected chi connectivity index (χ3v) is 2.34. The molecule has 0 radical (unpaired) electrons. The van der Waals surface area contributed by atoms with Gasteiger partial charge in [0.15, 0.2) is 0 Å². The second-order valence-electron chi connectivity index (χ2n) is 3.56. The number of hydrogen-bond donors (Lipinski definition) is 3. The van der Waals surface area contributed by atoms with E-state index in [1.807, 2.05) is 6.07 Å². The van der Waals surface area contributed by atoms with E-state index in [2.05, 4.69) is 4.98 Å². The number of hydrogen-bond acceptors (Lipinski definition) is 4. The van der Waals surface area contributed by atoms with Crippen LogP contribution < -0.4 is 11.5 Å². The second-order valence-corrected chi connectivity index (χ2v) is 3.56. The number of benzene rings is 1. The number of nitrogens with zero attached hydrogens (tertiary/aromatic N) is 1. The number of nitrogen functional groups attached to an aromatic ring is 2. The van der Waals surface area contributed by atoms with Crippen molar-refractivity contribution in [2.45, 2.75) is 0 Å². The van der Waals surface area contributed by atoms with Crippen LogP contribution in [0.15, 0.2) is 36.4 Å². The van der Waals surface area contributed by atoms with Crippen molar-refractivity contribution < 1.29 is 9.90 Å². The zero-order chi connectivity index (χ0) is 12.4. The molecule has 5 heteroatoms. The summed E-state index contributed by atoms with van der Waals surface area (Å²) in [6.07, 6.45) is 0. The van der Waals surface area contributed by atoms with E-state index in [1.54, 1.807) is 24.3 Å². The maximum atomic E-state index is 10.8. The van der Waals surface area contributed by atoms with Crippen LogP contribution in [0.4, 0.5) is 11.5 Å². The van der Waals surface area contributed by atoms with E-state index >= 15 is 0 Å². The van der Waals surface area contributed by atoms with Gasteiger partial charge in [0.25, 0.3) is 0 Å². The molecule has 0 spiro atoms. The Bertz CT molecular complexity index is 582. The van der Waals surface area contributed by atoms with E-state index in [1.165, 1.54) is 6.07 Å². The lowest BCUT2D eigenvalue weighted by molar-refractivity contribution is 0.0697. The zero-order valence-corrected chi connectivity index (χ0v) is 8.92. The smallest absolute Gasteiger partial charge is 0.339 e. The fourth-order valence-electron chi connectivity index (χ4n) is 1.51. The van der Waals surface area contributed by atoms with Crippen LogP contribution in [0.1, 0.15) is 10.4 Å². The SMILES string of the molecule is Nc1cccc(-c2ccc(C(=O)O)c(N)n2)c1. The molecule has 1 heterocycles. The Kier molecular flexibility index (Phi) is 2.66. The molecule has 0 fully saturated rings. The Morgan fingerprint density at radius 3 is 2.53 bits per heavy atom. The second kappa shape index (κ2) is 4.13. The lowest BCUT2D eigenvalue weighted by atomic mass is 10.1. The van der Waals surface area contributed by atoms with Crippen LogP contribution in [-0.2, 0) is 0 Å². The first-order valence-electron chi connectivity index (χ1n) is 4.93. The summed E-state index contributed by atoms with van der Waals surface area (Å²) in [6.45, 7) is 0. The lowest BCUT2D eigenvalue weighted by Crippen LogP contribution is -2.04. The molecule has 0 aliphatic heterocycles. The van der Waals surface area contributed by atoms with E-state index < -0.39 is 5.97 Å². The third-order valence-electron chi connectivity index (χ3n) is 2.34. The first kappa shape index (κ1) is 10.9. The molecule has 17 heavy (non-hydrogen) atoms. The van der Waals surface area contributed by atoms with Gasteiger partial charge >= 0.3 is 5.97 Å². The highest BCUT2D eigenvalue weighted by Gasteiger charge is 2.10. The largest absolute Gasteiger partial charge is 0.478 e. The van der Waals surface area contributed by atoms with E-state index in [-0.39, 0.29) is 11.4 Å². The first-order valence-corrected chi connectivity index (χ1v) is 4.93. The van der Waals surface area contributed by atoms with Gasteiger partial charge in [-0.2, -0.15) is 0 Å². The van der Waals surface area contributed by atoms with Crippen LogP contribution in [0.25, 0.3) is 11.3 Å². The predicted molar refractivity (Wildman–Crippen MR) is 65.5 cm³/mol. The number of nitrogens with two attached hydrogens (primary N) is 2. The van der Waals surface area contributed by atoms with Gasteiger partial charge in [0.1, 0.15) is 11.4 Å². The highest BCUT2D eigenvalue weighted by atomic mass is 16.4. The summed E-state index contributed by atoms with van der Waals surface area (Å²) in [5.41, 5.74) is 13.2. The van der Waals surface area contributed by atoms with E-state index in [0.29, 0.717) is 11.4 Å². The van der Waals surface area contributed by atoms with Gasteiger partial charge in [0.2, 0.25) is 0 Å². The molecule has 0 aliphatic carbocycles. The molecule has 5 nitrogen and oxygen atoms in total. The van der Waals surface area contributed by atoms with Crippen LogP contribution in [0.5, 0.6) is 0 Å². The predicted octanol–water partition coefficient (Wildman–Crippen LogP) is 1.61. The normalized spacial score (nSPS) is 10.1. The maximum absolute atomic E-state index is 10.8. The summed E-state index contributed by atoms with van der Waals surface area (Å²) < 4.78 is 0. The minimum absolute atomic E-state index is 0.00217. The molecule has 0 bridgehead atoms. The molecule has 2 rings (SSSR count). The minimum Gasteiger partial charge on any atom is -0.478 e. The Hall–Kier alpha value is -2.56. The van der Waals surface area contributed by atoms with Crippen molar-refractivity contribution in [1.29, 1.82) is 0 Å². The van der Waals surface area contributed by atoms with Gasteiger partial charge in [-0.25, -0.2) is 9.78 Å². The highest BCUT2D eigenvalue weighted by Crippen LogP contribution is 2.22. The molecular weight excluding hydrogens is 218 g/mol. The van der Waals surface area contributed by atoms with Crippen LogP contribution >= 0.6 is 0 Å². The van der Waals surface area contributed by atoms with Crippen molar-refractivity contribution in [2.24, 2.45) is 0 Å². The summed E-state index contributed by atoms with van der Waals surface area (Å²) in [6, 6.07) is 10.2. The molecule has 0 saturated carbocycles. The van der Waals surface area contributed by atoms with Crippen molar-refractivity contribution in [3.05, 3.63) is 42.0 Å². The van der Waals surface area contributed by atoms with Gasteiger partial charge in [-0.15, -0.1) is 0 Å². The van der Waals surface area contributed by atoms with Crippen LogP contribution in [0.2, 0.25) is 0 Å². The summed E-state index contributed by atoms with van der Waals surface area (Å²) in [5, 5.41) is 8.83. The average molecular weight is 229 g/mol. The standard InChI is InChI=1S/C12H11N3O2/c13-8-3-1-2-7(6-8)10-5-4-9(12(16)17)11(14)15-10/h1-6H,13H2,(H2,14,15)(H,16,17). The molecule has 1 aromatic heterocycles. The quantitative estimate of drug-likeness (QED) is 0.679. The van der Waals surface area contributed by atoms with Crippen LogP contribution in [0.3, 0.4) is 0 Å². The van der Waals surface area contributed by atoms with Crippen molar-refractivity contribution in [1.82, 2.24) is 4.98 Å². The Morgan fingerprint density at radius 2 is 1.94 bits per heavy atom. The average Bonchev–Trinajstić information content (AvgIpc) is 2.28. The number of carboxylic acids is 1. The number of anilines is 2. The fraction of sp³-hybridized carbons (Fsp3) is 0. The molecule has 2 aromatic rings. The molecule has 0 amide bonds. The number of aromatic nitrogens is 1.